The lowest BCUT2D eigenvalue weighted by Gasteiger charge is -2.42. The molecule has 0 spiro atoms. The topological polar surface area (TPSA) is 571 Å². The zero-order chi connectivity index (χ0) is 73.1. The largest absolute Gasteiger partial charge is 0.756 e. The third kappa shape index (κ3) is 33.7. The van der Waals surface area contributed by atoms with Crippen molar-refractivity contribution in [2.24, 2.45) is 0 Å². The monoisotopic (exact) mass is 1440 g/mol. The Balaban J connectivity index is 1.66. The molecule has 3 heterocycles. The summed E-state index contributed by atoms with van der Waals surface area (Å²) in [5.74, 6) is -4.65. The van der Waals surface area contributed by atoms with Gasteiger partial charge in [-0.1, -0.05) is 0 Å². The average molecular weight is 1440 g/mol. The summed E-state index contributed by atoms with van der Waals surface area (Å²) in [5, 5.41) is 119. The van der Waals surface area contributed by atoms with Gasteiger partial charge in [0, 0.05) is 72.9 Å². The van der Waals surface area contributed by atoms with Gasteiger partial charge in [0.2, 0.25) is 47.3 Å². The maximum atomic E-state index is 13.9. The number of ether oxygens (including phenoxy) is 9. The van der Waals surface area contributed by atoms with Gasteiger partial charge in [0.15, 0.2) is 18.9 Å². The van der Waals surface area contributed by atoms with Crippen LogP contribution in [0.15, 0.2) is 0 Å². The van der Waals surface area contributed by atoms with Crippen molar-refractivity contribution < 1.29 is 151 Å². The molecule has 40 nitrogen and oxygen atoms in total. The first-order valence-electron chi connectivity index (χ1n) is 32.0. The molecule has 0 aromatic carbocycles. The van der Waals surface area contributed by atoms with E-state index in [1.165, 1.54) is 51.3 Å². The van der Waals surface area contributed by atoms with E-state index < -0.39 is 198 Å². The van der Waals surface area contributed by atoms with Crippen molar-refractivity contribution in [1.29, 1.82) is 0 Å². The summed E-state index contributed by atoms with van der Waals surface area (Å²) in [6, 6.07) is -3.56. The predicted octanol–water partition coefficient (Wildman–Crippen LogP) is -10.3. The second-order valence-electron chi connectivity index (χ2n) is 23.9. The third-order valence-electron chi connectivity index (χ3n) is 14.5. The van der Waals surface area contributed by atoms with E-state index in [2.05, 4.69) is 37.2 Å². The van der Waals surface area contributed by atoms with Crippen LogP contribution >= 0.6 is 7.82 Å². The molecule has 0 saturated carbocycles. The highest BCUT2D eigenvalue weighted by Crippen LogP contribution is 2.43. The van der Waals surface area contributed by atoms with Crippen LogP contribution in [0.1, 0.15) is 67.2 Å². The summed E-state index contributed by atoms with van der Waals surface area (Å²) >= 11 is 0. The van der Waals surface area contributed by atoms with Gasteiger partial charge < -0.3 is 150 Å². The number of carbonyl (C=O) groups excluding carboxylic acids is 8. The Bertz CT molecular complexity index is 2390. The molecule has 41 heteroatoms. The van der Waals surface area contributed by atoms with Crippen LogP contribution < -0.4 is 42.1 Å². The number of rotatable bonds is 47. The summed E-state index contributed by atoms with van der Waals surface area (Å²) in [6.45, 7) is 2.36. The highest BCUT2D eigenvalue weighted by Gasteiger charge is 2.48. The van der Waals surface area contributed by atoms with Gasteiger partial charge in [-0.15, -0.1) is 0 Å². The van der Waals surface area contributed by atoms with Crippen molar-refractivity contribution in [1.82, 2.24) is 47.0 Å². The Labute approximate surface area is 566 Å². The molecule has 0 aromatic rings. The fourth-order valence-electron chi connectivity index (χ4n) is 9.82. The molecule has 17 atom stereocenters. The smallest absolute Gasteiger partial charge is 0.268 e. The summed E-state index contributed by atoms with van der Waals surface area (Å²) in [6.07, 6.45) is -18.6. The number of hydrogen-bond donors (Lipinski definition) is 17. The summed E-state index contributed by atoms with van der Waals surface area (Å²) < 4.78 is 71.9. The van der Waals surface area contributed by atoms with E-state index in [9.17, 15) is 98.9 Å². The van der Waals surface area contributed by atoms with Crippen LogP contribution in [0.2, 0.25) is 0 Å². The highest BCUT2D eigenvalue weighted by molar-refractivity contribution is 7.45. The molecule has 3 rings (SSSR count). The number of hydrogen-bond acceptors (Lipinski definition) is 32. The Morgan fingerprint density at radius 1 is 0.510 bits per heavy atom. The Morgan fingerprint density at radius 2 is 0.888 bits per heavy atom. The van der Waals surface area contributed by atoms with Crippen LogP contribution in [0.5, 0.6) is 0 Å². The maximum Gasteiger partial charge on any atom is 0.268 e. The normalized spacial score (nSPS) is 26.7. The first kappa shape index (κ1) is 87.3. The van der Waals surface area contributed by atoms with Crippen molar-refractivity contribution in [3.05, 3.63) is 0 Å². The van der Waals surface area contributed by atoms with Gasteiger partial charge in [-0.05, 0) is 33.6 Å². The van der Waals surface area contributed by atoms with E-state index in [1.54, 1.807) is 0 Å². The fraction of sp³-hybridized carbons (Fsp3) is 0.860. The molecule has 3 aliphatic heterocycles. The molecule has 0 aliphatic carbocycles. The molecule has 0 bridgehead atoms. The number of aliphatic hydroxyl groups is 10. The minimum Gasteiger partial charge on any atom is -0.756 e. The minimum atomic E-state index is -4.80. The number of amides is 8. The van der Waals surface area contributed by atoms with Crippen molar-refractivity contribution in [2.45, 2.75) is 171 Å². The first-order chi connectivity index (χ1) is 46.3. The number of aliphatic hydroxyl groups excluding tert-OH is 10. The van der Waals surface area contributed by atoms with Gasteiger partial charge in [0.25, 0.3) is 7.82 Å². The van der Waals surface area contributed by atoms with Gasteiger partial charge in [-0.25, -0.2) is 0 Å². The zero-order valence-corrected chi connectivity index (χ0v) is 56.9. The number of phosphoric ester groups is 1. The van der Waals surface area contributed by atoms with Gasteiger partial charge in [-0.3, -0.25) is 47.8 Å². The molecule has 0 radical (unpaired) electrons. The van der Waals surface area contributed by atoms with Crippen molar-refractivity contribution in [3.63, 3.8) is 0 Å². The lowest BCUT2D eigenvalue weighted by molar-refractivity contribution is -0.272. The van der Waals surface area contributed by atoms with E-state index in [-0.39, 0.29) is 131 Å². The SMILES string of the molecule is CC(=O)NC1C(OCCOCCNC(=O)CN(CCCN(CC(=O)NCCOCCOC2OC(CO)C(O)C(O)C2NC(C)=O)C(=O)CCCC(=O)NC[C@H](O)COP(=O)([O-])OC(C)(C)C)CC(=O)NCCOCCOC2OC(CO)C(O)C(O)C2NC(C)=O)OC(CO)C(O)C1O. The second kappa shape index (κ2) is 45.8. The standard InChI is InChI=1S/C57H104N9O31P/c1-33(70)62-45-51(82)48(79)37(29-67)94-54(45)90-22-19-87-16-11-58-41(75)26-65(27-42(76)59-12-17-88-20-23-91-55-46(63-34(2)71)52(83)49(80)38(30-68)95-55)14-8-15-66(44(78)10-7-9-40(74)61-25-36(73)32-93-98(85,86)97-57(4,5)6)28-43(77)60-13-18-89-21-24-92-56-47(64-35(3)72)53(84)50(81)39(31-69)96-56/h36-39,45-56,67-69,73,79-84H,7-32H2,1-6H3,(H,58,75)(H,59,76)(H,60,77)(H,61,74)(H,62,70)(H,63,71)(H,64,72)(H,85,86)/p-1/t36-,37?,38?,39?,45?,46?,47?,48?,49?,50?,51?,52?,53?,54?,55?,56?/m0/s1. The molecular formula is C57H103N9O31P-. The van der Waals surface area contributed by atoms with E-state index in [1.807, 2.05) is 0 Å². The van der Waals surface area contributed by atoms with Gasteiger partial charge in [0.05, 0.1) is 117 Å². The number of nitrogens with zero attached hydrogens (tertiary/aromatic N) is 2. The van der Waals surface area contributed by atoms with Crippen LogP contribution in [0, 0.1) is 0 Å². The predicted molar refractivity (Wildman–Crippen MR) is 330 cm³/mol. The lowest BCUT2D eigenvalue weighted by atomic mass is 9.97. The molecule has 568 valence electrons. The van der Waals surface area contributed by atoms with Crippen LogP contribution in [0.3, 0.4) is 0 Å². The molecule has 3 aliphatic rings. The van der Waals surface area contributed by atoms with Crippen LogP contribution in [-0.4, -0.2) is 357 Å². The quantitative estimate of drug-likeness (QED) is 0.0199. The van der Waals surface area contributed by atoms with E-state index in [0.717, 1.165) is 0 Å². The van der Waals surface area contributed by atoms with Crippen molar-refractivity contribution >= 4 is 55.1 Å². The molecule has 3 fully saturated rings. The molecule has 3 saturated heterocycles. The molecule has 17 N–H and O–H groups in total. The lowest BCUT2D eigenvalue weighted by Crippen LogP contribution is -2.64. The van der Waals surface area contributed by atoms with E-state index in [4.69, 9.17) is 51.7 Å². The van der Waals surface area contributed by atoms with Crippen LogP contribution in [-0.2, 0) is 94.6 Å². The third-order valence-corrected chi connectivity index (χ3v) is 15.7. The second-order valence-corrected chi connectivity index (χ2v) is 25.3. The Hall–Kier alpha value is -4.93. The van der Waals surface area contributed by atoms with E-state index in [0.29, 0.717) is 0 Å². The summed E-state index contributed by atoms with van der Waals surface area (Å²) in [7, 11) is -4.80. The molecule has 16 unspecified atom stereocenters. The van der Waals surface area contributed by atoms with Crippen molar-refractivity contribution in [2.75, 3.05) is 145 Å². The zero-order valence-electron chi connectivity index (χ0n) is 56.0. The molecule has 98 heavy (non-hydrogen) atoms. The Kier molecular flexibility index (Phi) is 40.8. The van der Waals surface area contributed by atoms with Gasteiger partial charge in [0.1, 0.15) is 73.1 Å². The number of phosphoric acid groups is 1. The Morgan fingerprint density at radius 3 is 1.24 bits per heavy atom. The summed E-state index contributed by atoms with van der Waals surface area (Å²) in [5.41, 5.74) is -1.11. The fourth-order valence-corrected chi connectivity index (χ4v) is 10.9. The van der Waals surface area contributed by atoms with E-state index >= 15 is 0 Å². The molecule has 8 amide bonds. The van der Waals surface area contributed by atoms with Gasteiger partial charge in [-0.2, -0.15) is 0 Å². The summed E-state index contributed by atoms with van der Waals surface area (Å²) in [4.78, 5) is 117. The van der Waals surface area contributed by atoms with Crippen molar-refractivity contribution in [3.8, 4) is 0 Å². The average Bonchev–Trinajstić information content (AvgIpc) is 0.825. The molecular weight excluding hydrogens is 1340 g/mol. The minimum absolute atomic E-state index is 0.0305. The number of nitrogens with one attached hydrogen (secondary N) is 7. The van der Waals surface area contributed by atoms with Crippen LogP contribution in [0.4, 0.5) is 0 Å². The highest BCUT2D eigenvalue weighted by atomic mass is 31.2. The van der Waals surface area contributed by atoms with Gasteiger partial charge >= 0.3 is 0 Å². The molecule has 0 aromatic heterocycles. The number of carbonyl (C=O) groups is 8. The maximum absolute atomic E-state index is 13.9. The van der Waals surface area contributed by atoms with Crippen LogP contribution in [0.25, 0.3) is 0 Å². The first-order valence-corrected chi connectivity index (χ1v) is 33.4.